The Balaban J connectivity index is 1.33. The van der Waals surface area contributed by atoms with Crippen molar-refractivity contribution >= 4 is 23.4 Å². The van der Waals surface area contributed by atoms with Crippen molar-refractivity contribution in [3.05, 3.63) is 59.4 Å². The molecule has 1 aliphatic rings. The molecule has 0 saturated heterocycles. The highest BCUT2D eigenvalue weighted by atomic mass is 19.1. The molecule has 0 atom stereocenters. The molecule has 1 saturated carbocycles. The summed E-state index contributed by atoms with van der Waals surface area (Å²) in [5.41, 5.74) is 2.12. The maximum Gasteiger partial charge on any atom is 0.256 e. The normalized spacial score (nSPS) is 13.1. The summed E-state index contributed by atoms with van der Waals surface area (Å²) in [6, 6.07) is 6.17. The molecule has 4 rings (SSSR count). The lowest BCUT2D eigenvalue weighted by Gasteiger charge is -2.13. The van der Waals surface area contributed by atoms with Gasteiger partial charge in [-0.3, -0.25) is 4.79 Å². The molecule has 30 heavy (non-hydrogen) atoms. The second kappa shape index (κ2) is 8.89. The molecule has 0 radical (unpaired) electrons. The van der Waals surface area contributed by atoms with Gasteiger partial charge in [-0.05, 0) is 50.3 Å². The van der Waals surface area contributed by atoms with Gasteiger partial charge >= 0.3 is 0 Å². The van der Waals surface area contributed by atoms with Gasteiger partial charge in [0.25, 0.3) is 5.91 Å². The van der Waals surface area contributed by atoms with E-state index in [2.05, 4.69) is 31.1 Å². The Morgan fingerprint density at radius 3 is 2.87 bits per heavy atom. The number of aryl methyl sites for hydroxylation is 1. The molecule has 1 fully saturated rings. The van der Waals surface area contributed by atoms with Gasteiger partial charge < -0.3 is 20.5 Å². The summed E-state index contributed by atoms with van der Waals surface area (Å²) in [6.45, 7) is 2.85. The first-order valence-electron chi connectivity index (χ1n) is 9.93. The number of halogens is 1. The van der Waals surface area contributed by atoms with Crippen molar-refractivity contribution in [2.75, 3.05) is 23.7 Å². The van der Waals surface area contributed by atoms with Crippen LogP contribution in [-0.2, 0) is 0 Å². The molecule has 0 unspecified atom stereocenters. The summed E-state index contributed by atoms with van der Waals surface area (Å²) < 4.78 is 18.3. The SMILES string of the molecule is Cc1oncc1C(=O)NCCCNc1nc(Nc2cccc(F)c2)ncc1C1CC1. The minimum atomic E-state index is -0.323. The van der Waals surface area contributed by atoms with Crippen molar-refractivity contribution in [3.8, 4) is 0 Å². The van der Waals surface area contributed by atoms with E-state index in [0.29, 0.717) is 42.0 Å². The molecule has 9 heteroatoms. The maximum atomic E-state index is 13.4. The van der Waals surface area contributed by atoms with E-state index in [9.17, 15) is 9.18 Å². The van der Waals surface area contributed by atoms with Crippen LogP contribution in [0.25, 0.3) is 0 Å². The molecule has 3 N–H and O–H groups in total. The molecule has 156 valence electrons. The number of nitrogens with one attached hydrogen (secondary N) is 3. The van der Waals surface area contributed by atoms with E-state index in [0.717, 1.165) is 30.6 Å². The van der Waals surface area contributed by atoms with Gasteiger partial charge in [0.2, 0.25) is 5.95 Å². The zero-order chi connectivity index (χ0) is 20.9. The van der Waals surface area contributed by atoms with E-state index < -0.39 is 0 Å². The number of hydrogen-bond acceptors (Lipinski definition) is 7. The second-order valence-corrected chi connectivity index (χ2v) is 7.24. The monoisotopic (exact) mass is 410 g/mol. The first-order chi connectivity index (χ1) is 14.6. The predicted octanol–water partition coefficient (Wildman–Crippen LogP) is 3.77. The van der Waals surface area contributed by atoms with Gasteiger partial charge in [-0.25, -0.2) is 9.37 Å². The molecule has 1 amide bonds. The summed E-state index contributed by atoms with van der Waals surface area (Å²) in [7, 11) is 0. The Kier molecular flexibility index (Phi) is 5.87. The highest BCUT2D eigenvalue weighted by molar-refractivity contribution is 5.94. The highest BCUT2D eigenvalue weighted by Gasteiger charge is 2.27. The molecule has 1 aromatic carbocycles. The van der Waals surface area contributed by atoms with Crippen molar-refractivity contribution < 1.29 is 13.7 Å². The largest absolute Gasteiger partial charge is 0.370 e. The molecule has 8 nitrogen and oxygen atoms in total. The topological polar surface area (TPSA) is 105 Å². The van der Waals surface area contributed by atoms with E-state index in [-0.39, 0.29) is 11.7 Å². The summed E-state index contributed by atoms with van der Waals surface area (Å²) in [6.07, 6.45) is 6.21. The standard InChI is InChI=1S/C21H23FN6O2/c1-13-17(12-26-30-13)20(29)24-9-3-8-23-19-18(14-6-7-14)11-25-21(28-19)27-16-5-2-4-15(22)10-16/h2,4-5,10-12,14H,3,6-9H2,1H3,(H,24,29)(H2,23,25,27,28). The van der Waals surface area contributed by atoms with Gasteiger partial charge in [-0.2, -0.15) is 4.98 Å². The number of carbonyl (C=O) groups is 1. The first-order valence-corrected chi connectivity index (χ1v) is 9.93. The van der Waals surface area contributed by atoms with Crippen LogP contribution in [0.3, 0.4) is 0 Å². The van der Waals surface area contributed by atoms with Crippen LogP contribution in [0.15, 0.2) is 41.2 Å². The quantitative estimate of drug-likeness (QED) is 0.461. The summed E-state index contributed by atoms with van der Waals surface area (Å²) in [5, 5.41) is 12.8. The predicted molar refractivity (Wildman–Crippen MR) is 110 cm³/mol. The van der Waals surface area contributed by atoms with Crippen LogP contribution in [0, 0.1) is 12.7 Å². The van der Waals surface area contributed by atoms with Gasteiger partial charge in [0.1, 0.15) is 23.0 Å². The summed E-state index contributed by atoms with van der Waals surface area (Å²) in [5.74, 6) is 1.63. The van der Waals surface area contributed by atoms with Crippen LogP contribution < -0.4 is 16.0 Å². The van der Waals surface area contributed by atoms with Crippen molar-refractivity contribution in [1.29, 1.82) is 0 Å². The Hall–Kier alpha value is -3.49. The third kappa shape index (κ3) is 4.91. The summed E-state index contributed by atoms with van der Waals surface area (Å²) in [4.78, 5) is 21.0. The van der Waals surface area contributed by atoms with Gasteiger partial charge in [-0.1, -0.05) is 11.2 Å². The average Bonchev–Trinajstić information content (AvgIpc) is 3.48. The highest BCUT2D eigenvalue weighted by Crippen LogP contribution is 2.42. The Bertz CT molecular complexity index is 1030. The number of aromatic nitrogens is 3. The molecule has 0 spiro atoms. The van der Waals surface area contributed by atoms with Crippen molar-refractivity contribution in [1.82, 2.24) is 20.4 Å². The van der Waals surface area contributed by atoms with E-state index in [1.54, 1.807) is 19.1 Å². The number of amides is 1. The van der Waals surface area contributed by atoms with Crippen LogP contribution in [0.4, 0.5) is 21.8 Å². The second-order valence-electron chi connectivity index (χ2n) is 7.24. The van der Waals surface area contributed by atoms with Gasteiger partial charge in [0.05, 0.1) is 6.20 Å². The fourth-order valence-corrected chi connectivity index (χ4v) is 3.09. The van der Waals surface area contributed by atoms with Crippen LogP contribution in [0.2, 0.25) is 0 Å². The van der Waals surface area contributed by atoms with Gasteiger partial charge in [-0.15, -0.1) is 0 Å². The molecule has 3 aromatic rings. The van der Waals surface area contributed by atoms with Gasteiger partial charge in [0, 0.05) is 30.5 Å². The average molecular weight is 410 g/mol. The molecular formula is C21H23FN6O2. The fourth-order valence-electron chi connectivity index (χ4n) is 3.09. The van der Waals surface area contributed by atoms with Crippen molar-refractivity contribution in [3.63, 3.8) is 0 Å². The molecule has 2 aromatic heterocycles. The Morgan fingerprint density at radius 1 is 1.27 bits per heavy atom. The zero-order valence-electron chi connectivity index (χ0n) is 16.6. The minimum absolute atomic E-state index is 0.198. The van der Waals surface area contributed by atoms with Crippen LogP contribution in [0.1, 0.15) is 46.9 Å². The summed E-state index contributed by atoms with van der Waals surface area (Å²) >= 11 is 0. The zero-order valence-corrected chi connectivity index (χ0v) is 16.6. The lowest BCUT2D eigenvalue weighted by atomic mass is 10.2. The fraction of sp³-hybridized carbons (Fsp3) is 0.333. The number of benzene rings is 1. The third-order valence-electron chi connectivity index (χ3n) is 4.84. The molecule has 2 heterocycles. The van der Waals surface area contributed by atoms with E-state index in [1.165, 1.54) is 18.3 Å². The van der Waals surface area contributed by atoms with Crippen LogP contribution in [-0.4, -0.2) is 34.1 Å². The van der Waals surface area contributed by atoms with Crippen molar-refractivity contribution in [2.45, 2.75) is 32.1 Å². The number of rotatable bonds is 9. The van der Waals surface area contributed by atoms with Gasteiger partial charge in [0.15, 0.2) is 0 Å². The van der Waals surface area contributed by atoms with Crippen molar-refractivity contribution in [2.24, 2.45) is 0 Å². The number of hydrogen-bond donors (Lipinski definition) is 3. The molecule has 0 aliphatic heterocycles. The third-order valence-corrected chi connectivity index (χ3v) is 4.84. The molecule has 0 bridgehead atoms. The smallest absolute Gasteiger partial charge is 0.256 e. The lowest BCUT2D eigenvalue weighted by Crippen LogP contribution is -2.26. The molecule has 1 aliphatic carbocycles. The Labute approximate surface area is 173 Å². The number of nitrogens with zero attached hydrogens (tertiary/aromatic N) is 3. The van der Waals surface area contributed by atoms with E-state index >= 15 is 0 Å². The first kappa shape index (κ1) is 19.8. The Morgan fingerprint density at radius 2 is 2.13 bits per heavy atom. The van der Waals surface area contributed by atoms with Crippen LogP contribution in [0.5, 0.6) is 0 Å². The van der Waals surface area contributed by atoms with E-state index in [4.69, 9.17) is 4.52 Å². The van der Waals surface area contributed by atoms with E-state index in [1.807, 2.05) is 6.20 Å². The number of carbonyl (C=O) groups excluding carboxylic acids is 1. The lowest BCUT2D eigenvalue weighted by molar-refractivity contribution is 0.0952. The van der Waals surface area contributed by atoms with Crippen LogP contribution >= 0.6 is 0 Å². The minimum Gasteiger partial charge on any atom is -0.370 e. The maximum absolute atomic E-state index is 13.4. The number of anilines is 3. The molecular weight excluding hydrogens is 387 g/mol.